The van der Waals surface area contributed by atoms with Crippen LogP contribution in [0.25, 0.3) is 0 Å². The van der Waals surface area contributed by atoms with E-state index in [1.54, 1.807) is 6.07 Å². The van der Waals surface area contributed by atoms with Crippen LogP contribution in [-0.4, -0.2) is 23.3 Å². The van der Waals surface area contributed by atoms with Crippen molar-refractivity contribution in [3.05, 3.63) is 75.1 Å². The summed E-state index contributed by atoms with van der Waals surface area (Å²) >= 11 is 0. The number of aryl methyl sites for hydroxylation is 1. The summed E-state index contributed by atoms with van der Waals surface area (Å²) in [7, 11) is 0. The van der Waals surface area contributed by atoms with Gasteiger partial charge in [0.15, 0.2) is 0 Å². The maximum atomic E-state index is 13.0. The van der Waals surface area contributed by atoms with E-state index in [1.807, 2.05) is 0 Å². The van der Waals surface area contributed by atoms with Gasteiger partial charge in [-0.15, -0.1) is 0 Å². The lowest BCUT2D eigenvalue weighted by Gasteiger charge is -2.08. The Morgan fingerprint density at radius 3 is 2.56 bits per heavy atom. The number of carbonyl (C=O) groups is 2. The Kier molecular flexibility index (Phi) is 5.78. The Balaban J connectivity index is 1.86. The van der Waals surface area contributed by atoms with E-state index in [-0.39, 0.29) is 24.3 Å². The van der Waals surface area contributed by atoms with Crippen molar-refractivity contribution < 1.29 is 18.9 Å². The van der Waals surface area contributed by atoms with Crippen molar-refractivity contribution in [3.8, 4) is 0 Å². The maximum Gasteiger partial charge on any atom is 0.272 e. The minimum Gasteiger partial charge on any atom is -0.350 e. The Hall–Kier alpha value is -3.29. The van der Waals surface area contributed by atoms with E-state index in [0.29, 0.717) is 11.1 Å². The number of benzene rings is 2. The molecule has 2 rings (SSSR count). The van der Waals surface area contributed by atoms with Crippen molar-refractivity contribution >= 4 is 17.5 Å². The fourth-order valence-corrected chi connectivity index (χ4v) is 2.17. The first-order valence-corrected chi connectivity index (χ1v) is 7.41. The third-order valence-corrected chi connectivity index (χ3v) is 3.44. The molecule has 0 aliphatic rings. The first kappa shape index (κ1) is 18.1. The third-order valence-electron chi connectivity index (χ3n) is 3.44. The molecule has 0 aliphatic heterocycles. The second-order valence-electron chi connectivity index (χ2n) is 5.35. The fourth-order valence-electron chi connectivity index (χ4n) is 2.17. The van der Waals surface area contributed by atoms with Gasteiger partial charge in [0.05, 0.1) is 11.5 Å². The second kappa shape index (κ2) is 8.00. The molecule has 0 fully saturated rings. The summed E-state index contributed by atoms with van der Waals surface area (Å²) in [5.74, 6) is -1.34. The van der Waals surface area contributed by atoms with E-state index in [1.165, 1.54) is 43.3 Å². The summed E-state index contributed by atoms with van der Waals surface area (Å²) in [5.41, 5.74) is 1.10. The smallest absolute Gasteiger partial charge is 0.272 e. The first-order valence-electron chi connectivity index (χ1n) is 7.41. The molecule has 2 aromatic rings. The van der Waals surface area contributed by atoms with Crippen LogP contribution >= 0.6 is 0 Å². The predicted octanol–water partition coefficient (Wildman–Crippen LogP) is 2.09. The fraction of sp³-hybridized carbons (Fsp3) is 0.176. The number of nitro benzene ring substituents is 1. The molecule has 0 unspecified atom stereocenters. The number of nitrogens with zero attached hydrogens (tertiary/aromatic N) is 1. The van der Waals surface area contributed by atoms with Crippen molar-refractivity contribution in [1.29, 1.82) is 0 Å². The van der Waals surface area contributed by atoms with E-state index in [4.69, 9.17) is 0 Å². The molecule has 130 valence electrons. The van der Waals surface area contributed by atoms with Crippen LogP contribution in [0.5, 0.6) is 0 Å². The largest absolute Gasteiger partial charge is 0.350 e. The van der Waals surface area contributed by atoms with E-state index in [2.05, 4.69) is 10.6 Å². The highest BCUT2D eigenvalue weighted by molar-refractivity contribution is 5.96. The van der Waals surface area contributed by atoms with Crippen LogP contribution in [0.3, 0.4) is 0 Å². The van der Waals surface area contributed by atoms with Crippen molar-refractivity contribution in [3.63, 3.8) is 0 Å². The van der Waals surface area contributed by atoms with E-state index in [0.717, 1.165) is 0 Å². The molecule has 2 aromatic carbocycles. The van der Waals surface area contributed by atoms with Gasteiger partial charge in [-0.3, -0.25) is 19.7 Å². The van der Waals surface area contributed by atoms with Crippen LogP contribution in [0.1, 0.15) is 21.5 Å². The molecule has 0 spiro atoms. The molecule has 0 radical (unpaired) electrons. The van der Waals surface area contributed by atoms with Gasteiger partial charge in [0.25, 0.3) is 11.6 Å². The van der Waals surface area contributed by atoms with Gasteiger partial charge in [0, 0.05) is 23.7 Å². The van der Waals surface area contributed by atoms with E-state index < -0.39 is 22.6 Å². The quantitative estimate of drug-likeness (QED) is 0.618. The van der Waals surface area contributed by atoms with Crippen molar-refractivity contribution in [2.24, 2.45) is 0 Å². The number of hydrogen-bond acceptors (Lipinski definition) is 4. The number of nitrogens with one attached hydrogen (secondary N) is 2. The lowest BCUT2D eigenvalue weighted by molar-refractivity contribution is -0.385. The van der Waals surface area contributed by atoms with Gasteiger partial charge in [-0.25, -0.2) is 4.39 Å². The van der Waals surface area contributed by atoms with Crippen LogP contribution in [-0.2, 0) is 11.3 Å². The zero-order chi connectivity index (χ0) is 18.4. The molecule has 0 heterocycles. The summed E-state index contributed by atoms with van der Waals surface area (Å²) in [4.78, 5) is 34.0. The molecule has 0 aliphatic carbocycles. The Labute approximate surface area is 143 Å². The highest BCUT2D eigenvalue weighted by Crippen LogP contribution is 2.18. The summed E-state index contributed by atoms with van der Waals surface area (Å²) < 4.78 is 13.0. The molecule has 8 heteroatoms. The van der Waals surface area contributed by atoms with Gasteiger partial charge in [-0.1, -0.05) is 12.1 Å². The Morgan fingerprint density at radius 1 is 1.16 bits per heavy atom. The minimum atomic E-state index is -0.531. The molecule has 0 saturated heterocycles. The maximum absolute atomic E-state index is 13.0. The topological polar surface area (TPSA) is 101 Å². The lowest BCUT2D eigenvalue weighted by atomic mass is 10.1. The lowest BCUT2D eigenvalue weighted by Crippen LogP contribution is -2.36. The molecule has 0 atom stereocenters. The summed E-state index contributed by atoms with van der Waals surface area (Å²) in [5, 5.41) is 15.7. The molecular weight excluding hydrogens is 329 g/mol. The van der Waals surface area contributed by atoms with Crippen molar-refractivity contribution in [2.45, 2.75) is 13.5 Å². The van der Waals surface area contributed by atoms with Crippen LogP contribution in [0.15, 0.2) is 42.5 Å². The van der Waals surface area contributed by atoms with Gasteiger partial charge < -0.3 is 10.6 Å². The molecule has 2 N–H and O–H groups in total. The molecule has 7 nitrogen and oxygen atoms in total. The van der Waals surface area contributed by atoms with Crippen LogP contribution in [0.2, 0.25) is 0 Å². The number of amides is 2. The minimum absolute atomic E-state index is 0.0793. The normalized spacial score (nSPS) is 10.2. The Morgan fingerprint density at radius 2 is 1.92 bits per heavy atom. The standard InChI is InChI=1S/C17H16FN3O4/c1-11-7-13(5-6-15(11)21(24)25)17(23)20-10-16(22)19-9-12-3-2-4-14(18)8-12/h2-8H,9-10H2,1H3,(H,19,22)(H,20,23). The average Bonchev–Trinajstić information content (AvgIpc) is 2.57. The van der Waals surface area contributed by atoms with Gasteiger partial charge >= 0.3 is 0 Å². The number of carbonyl (C=O) groups excluding carboxylic acids is 2. The first-order chi connectivity index (χ1) is 11.9. The van der Waals surface area contributed by atoms with Gasteiger partial charge in [-0.2, -0.15) is 0 Å². The molecule has 25 heavy (non-hydrogen) atoms. The average molecular weight is 345 g/mol. The SMILES string of the molecule is Cc1cc(C(=O)NCC(=O)NCc2cccc(F)c2)ccc1[N+](=O)[O-]. The zero-order valence-electron chi connectivity index (χ0n) is 13.4. The Bertz CT molecular complexity index is 823. The molecular formula is C17H16FN3O4. The summed E-state index contributed by atoms with van der Waals surface area (Å²) in [6, 6.07) is 9.77. The van der Waals surface area contributed by atoms with E-state index >= 15 is 0 Å². The third kappa shape index (κ3) is 5.10. The van der Waals surface area contributed by atoms with Gasteiger partial charge in [-0.05, 0) is 36.8 Å². The summed E-state index contributed by atoms with van der Waals surface area (Å²) in [6.07, 6.45) is 0. The van der Waals surface area contributed by atoms with Crippen LogP contribution in [0.4, 0.5) is 10.1 Å². The number of rotatable bonds is 6. The zero-order valence-corrected chi connectivity index (χ0v) is 13.4. The highest BCUT2D eigenvalue weighted by Gasteiger charge is 2.14. The van der Waals surface area contributed by atoms with Crippen molar-refractivity contribution in [1.82, 2.24) is 10.6 Å². The highest BCUT2D eigenvalue weighted by atomic mass is 19.1. The predicted molar refractivity (Wildman–Crippen MR) is 88.4 cm³/mol. The van der Waals surface area contributed by atoms with E-state index in [9.17, 15) is 24.1 Å². The molecule has 0 bridgehead atoms. The molecule has 0 aromatic heterocycles. The van der Waals surface area contributed by atoms with Gasteiger partial charge in [0.2, 0.25) is 5.91 Å². The summed E-state index contributed by atoms with van der Waals surface area (Å²) in [6.45, 7) is 1.41. The van der Waals surface area contributed by atoms with Crippen LogP contribution < -0.4 is 10.6 Å². The van der Waals surface area contributed by atoms with Crippen molar-refractivity contribution in [2.75, 3.05) is 6.54 Å². The van der Waals surface area contributed by atoms with Crippen LogP contribution in [0, 0.1) is 22.9 Å². The molecule has 2 amide bonds. The number of hydrogen-bond donors (Lipinski definition) is 2. The van der Waals surface area contributed by atoms with Gasteiger partial charge in [0.1, 0.15) is 5.82 Å². The monoisotopic (exact) mass is 345 g/mol. The second-order valence-corrected chi connectivity index (χ2v) is 5.35. The molecule has 0 saturated carbocycles. The number of halogens is 1. The number of nitro groups is 1.